The number of nitrogens with one attached hydrogen (secondary N) is 1. The van der Waals surface area contributed by atoms with Crippen molar-refractivity contribution in [2.24, 2.45) is 5.16 Å². The van der Waals surface area contributed by atoms with Crippen molar-refractivity contribution in [3.05, 3.63) is 46.9 Å². The number of rotatable bonds is 6. The molecule has 1 heterocycles. The average molecular weight is 345 g/mol. The number of methoxy groups -OCH3 is 2. The number of pyridine rings is 1. The fourth-order valence-corrected chi connectivity index (χ4v) is 2.84. The largest absolute Gasteiger partial charge is 0.497 e. The van der Waals surface area contributed by atoms with Crippen molar-refractivity contribution in [1.82, 2.24) is 4.98 Å². The second-order valence-electron chi connectivity index (χ2n) is 5.56. The van der Waals surface area contributed by atoms with E-state index in [2.05, 4.69) is 15.5 Å². The summed E-state index contributed by atoms with van der Waals surface area (Å²) in [6.45, 7) is 0.384. The van der Waals surface area contributed by atoms with E-state index in [-0.39, 0.29) is 5.82 Å². The molecule has 0 saturated heterocycles. The summed E-state index contributed by atoms with van der Waals surface area (Å²) in [5, 5.41) is 6.97. The van der Waals surface area contributed by atoms with Gasteiger partial charge in [0.25, 0.3) is 0 Å². The van der Waals surface area contributed by atoms with Crippen LogP contribution in [-0.4, -0.2) is 32.0 Å². The molecule has 0 bridgehead atoms. The standard InChI is InChI=1S/C18H20FN3O3/c1-23-12-5-4-11(17(8-12)24-2)10-20-18-14(19)9-13-15(21-18)6-7-16(13)22-25-3/h4-5,8-9H,6-7,10H2,1-3H3,(H,20,21)/b22-16+. The van der Waals surface area contributed by atoms with Crippen LogP contribution in [0.15, 0.2) is 29.4 Å². The van der Waals surface area contributed by atoms with Gasteiger partial charge in [0.1, 0.15) is 18.6 Å². The van der Waals surface area contributed by atoms with Crippen LogP contribution in [0.3, 0.4) is 0 Å². The Labute approximate surface area is 145 Å². The molecule has 0 fully saturated rings. The van der Waals surface area contributed by atoms with E-state index in [4.69, 9.17) is 14.3 Å². The number of hydrogen-bond acceptors (Lipinski definition) is 6. The lowest BCUT2D eigenvalue weighted by Gasteiger charge is -2.13. The molecular weight excluding hydrogens is 325 g/mol. The van der Waals surface area contributed by atoms with Crippen molar-refractivity contribution in [2.75, 3.05) is 26.6 Å². The smallest absolute Gasteiger partial charge is 0.166 e. The first-order valence-electron chi connectivity index (χ1n) is 7.90. The third-order valence-electron chi connectivity index (χ3n) is 4.11. The van der Waals surface area contributed by atoms with Crippen LogP contribution in [0.1, 0.15) is 23.2 Å². The van der Waals surface area contributed by atoms with E-state index in [1.165, 1.54) is 13.2 Å². The molecule has 25 heavy (non-hydrogen) atoms. The Morgan fingerprint density at radius 3 is 2.72 bits per heavy atom. The van der Waals surface area contributed by atoms with Crippen LogP contribution in [0.5, 0.6) is 11.5 Å². The Morgan fingerprint density at radius 2 is 2.00 bits per heavy atom. The van der Waals surface area contributed by atoms with Gasteiger partial charge in [-0.25, -0.2) is 9.37 Å². The molecule has 0 spiro atoms. The molecule has 2 aromatic rings. The maximum absolute atomic E-state index is 14.4. The fraction of sp³-hybridized carbons (Fsp3) is 0.333. The molecule has 3 rings (SSSR count). The van der Waals surface area contributed by atoms with Gasteiger partial charge in [-0.05, 0) is 31.0 Å². The van der Waals surface area contributed by atoms with Crippen LogP contribution in [0.4, 0.5) is 10.2 Å². The number of oxime groups is 1. The molecule has 1 aromatic carbocycles. The number of halogens is 1. The number of hydrogen-bond donors (Lipinski definition) is 1. The second-order valence-corrected chi connectivity index (χ2v) is 5.56. The minimum absolute atomic E-state index is 0.218. The number of anilines is 1. The number of fused-ring (bicyclic) bond motifs is 1. The molecule has 1 aliphatic carbocycles. The molecule has 1 aliphatic rings. The molecule has 0 amide bonds. The van der Waals surface area contributed by atoms with Gasteiger partial charge in [0.05, 0.1) is 25.6 Å². The summed E-state index contributed by atoms with van der Waals surface area (Å²) < 4.78 is 24.9. The van der Waals surface area contributed by atoms with Gasteiger partial charge in [-0.1, -0.05) is 5.16 Å². The van der Waals surface area contributed by atoms with E-state index in [0.29, 0.717) is 30.0 Å². The number of aryl methyl sites for hydroxylation is 1. The summed E-state index contributed by atoms with van der Waals surface area (Å²) in [5.41, 5.74) is 3.15. The molecular formula is C18H20FN3O3. The Kier molecular flexibility index (Phi) is 5.02. The van der Waals surface area contributed by atoms with Gasteiger partial charge in [0.2, 0.25) is 0 Å². The molecule has 0 unspecified atom stereocenters. The van der Waals surface area contributed by atoms with Crippen LogP contribution in [-0.2, 0) is 17.8 Å². The van der Waals surface area contributed by atoms with E-state index >= 15 is 0 Å². The molecule has 1 N–H and O–H groups in total. The van der Waals surface area contributed by atoms with Crippen LogP contribution in [0.2, 0.25) is 0 Å². The summed E-state index contributed by atoms with van der Waals surface area (Å²) in [5.74, 6) is 1.17. The molecule has 7 heteroatoms. The van der Waals surface area contributed by atoms with Gasteiger partial charge in [-0.3, -0.25) is 0 Å². The minimum Gasteiger partial charge on any atom is -0.497 e. The second kappa shape index (κ2) is 7.38. The van der Waals surface area contributed by atoms with Crippen molar-refractivity contribution >= 4 is 11.5 Å². The fourth-order valence-electron chi connectivity index (χ4n) is 2.84. The SMILES string of the molecule is CO/N=C1\CCc2nc(NCc3ccc(OC)cc3OC)c(F)cc21. The zero-order valence-electron chi connectivity index (χ0n) is 14.4. The quantitative estimate of drug-likeness (QED) is 0.815. The first kappa shape index (κ1) is 17.0. The van der Waals surface area contributed by atoms with Gasteiger partial charge >= 0.3 is 0 Å². The zero-order valence-corrected chi connectivity index (χ0v) is 14.4. The molecule has 1 aromatic heterocycles. The maximum Gasteiger partial charge on any atom is 0.166 e. The lowest BCUT2D eigenvalue weighted by molar-refractivity contribution is 0.213. The molecule has 6 nitrogen and oxygen atoms in total. The number of ether oxygens (including phenoxy) is 2. The zero-order chi connectivity index (χ0) is 17.8. The van der Waals surface area contributed by atoms with E-state index in [9.17, 15) is 4.39 Å². The lowest BCUT2D eigenvalue weighted by Crippen LogP contribution is -2.07. The maximum atomic E-state index is 14.4. The highest BCUT2D eigenvalue weighted by Gasteiger charge is 2.22. The summed E-state index contributed by atoms with van der Waals surface area (Å²) in [6, 6.07) is 6.95. The van der Waals surface area contributed by atoms with Crippen LogP contribution >= 0.6 is 0 Å². The van der Waals surface area contributed by atoms with Crippen molar-refractivity contribution in [2.45, 2.75) is 19.4 Å². The normalized spacial score (nSPS) is 14.3. The minimum atomic E-state index is -0.420. The summed E-state index contributed by atoms with van der Waals surface area (Å²) in [4.78, 5) is 9.20. The van der Waals surface area contributed by atoms with Crippen LogP contribution in [0, 0.1) is 5.82 Å². The van der Waals surface area contributed by atoms with E-state index in [1.807, 2.05) is 12.1 Å². The van der Waals surface area contributed by atoms with Gasteiger partial charge in [0, 0.05) is 23.7 Å². The van der Waals surface area contributed by atoms with Crippen LogP contribution in [0.25, 0.3) is 0 Å². The molecule has 0 saturated carbocycles. The Morgan fingerprint density at radius 1 is 1.16 bits per heavy atom. The first-order chi connectivity index (χ1) is 12.2. The van der Waals surface area contributed by atoms with Crippen molar-refractivity contribution in [3.63, 3.8) is 0 Å². The topological polar surface area (TPSA) is 65.0 Å². The Bertz CT molecular complexity index is 808. The van der Waals surface area contributed by atoms with E-state index < -0.39 is 5.82 Å². The Balaban J connectivity index is 1.80. The molecule has 132 valence electrons. The molecule has 0 atom stereocenters. The summed E-state index contributed by atoms with van der Waals surface area (Å²) in [7, 11) is 4.66. The van der Waals surface area contributed by atoms with Gasteiger partial charge in [0.15, 0.2) is 11.6 Å². The average Bonchev–Trinajstić information content (AvgIpc) is 3.01. The number of benzene rings is 1. The predicted molar refractivity (Wildman–Crippen MR) is 92.9 cm³/mol. The van der Waals surface area contributed by atoms with Gasteiger partial charge in [-0.15, -0.1) is 0 Å². The predicted octanol–water partition coefficient (Wildman–Crippen LogP) is 3.15. The highest BCUT2D eigenvalue weighted by molar-refractivity contribution is 6.03. The Hall–Kier alpha value is -2.83. The highest BCUT2D eigenvalue weighted by atomic mass is 19.1. The van der Waals surface area contributed by atoms with Crippen LogP contribution < -0.4 is 14.8 Å². The third kappa shape index (κ3) is 3.50. The van der Waals surface area contributed by atoms with E-state index in [1.54, 1.807) is 20.3 Å². The van der Waals surface area contributed by atoms with Crippen molar-refractivity contribution in [3.8, 4) is 11.5 Å². The van der Waals surface area contributed by atoms with Gasteiger partial charge < -0.3 is 19.6 Å². The monoisotopic (exact) mass is 345 g/mol. The van der Waals surface area contributed by atoms with Crippen molar-refractivity contribution in [1.29, 1.82) is 0 Å². The first-order valence-corrected chi connectivity index (χ1v) is 7.90. The lowest BCUT2D eigenvalue weighted by atomic mass is 10.1. The molecule has 0 radical (unpaired) electrons. The summed E-state index contributed by atoms with van der Waals surface area (Å²) >= 11 is 0. The third-order valence-corrected chi connectivity index (χ3v) is 4.11. The number of nitrogens with zero attached hydrogens (tertiary/aromatic N) is 2. The number of aromatic nitrogens is 1. The van der Waals surface area contributed by atoms with Crippen molar-refractivity contribution < 1.29 is 18.7 Å². The highest BCUT2D eigenvalue weighted by Crippen LogP contribution is 2.28. The molecule has 0 aliphatic heterocycles. The van der Waals surface area contributed by atoms with Gasteiger partial charge in [-0.2, -0.15) is 0 Å². The van der Waals surface area contributed by atoms with E-state index in [0.717, 1.165) is 23.4 Å². The summed E-state index contributed by atoms with van der Waals surface area (Å²) in [6.07, 6.45) is 1.42.